The molecule has 2 aliphatic rings. The lowest BCUT2D eigenvalue weighted by atomic mass is 9.73. The molecular weight excluding hydrogens is 466 g/mol. The molecule has 5 nitrogen and oxygen atoms in total. The van der Waals surface area contributed by atoms with Crippen molar-refractivity contribution >= 4 is 40.2 Å². The standard InChI is InChI=1S/C30H31N3O2S/c1-4-35-22-16-14-20(15-17-22)28-27-24(18-30(2,3)19-26(27)34)32-23-12-8-9-13-25(23)33(28)29(36)31-21-10-6-5-7-11-21/h5-17,28,32H,4,18-19H2,1-3H3,(H,31,36)/t28-/m1/s1. The molecule has 5 rings (SSSR count). The predicted molar refractivity (Wildman–Crippen MR) is 151 cm³/mol. The Morgan fingerprint density at radius 2 is 1.72 bits per heavy atom. The van der Waals surface area contributed by atoms with Crippen LogP contribution in [0, 0.1) is 5.41 Å². The van der Waals surface area contributed by atoms with Gasteiger partial charge in [-0.1, -0.05) is 56.3 Å². The first kappa shape index (κ1) is 24.1. The normalized spacial score (nSPS) is 18.5. The molecule has 2 N–H and O–H groups in total. The van der Waals surface area contributed by atoms with E-state index in [2.05, 4.69) is 35.4 Å². The average Bonchev–Trinajstić information content (AvgIpc) is 2.99. The molecule has 184 valence electrons. The van der Waals surface area contributed by atoms with Gasteiger partial charge in [-0.05, 0) is 72.9 Å². The molecule has 0 radical (unpaired) electrons. The Labute approximate surface area is 218 Å². The van der Waals surface area contributed by atoms with Gasteiger partial charge in [-0.2, -0.15) is 0 Å². The molecule has 0 fully saturated rings. The van der Waals surface area contributed by atoms with Gasteiger partial charge in [0.05, 0.1) is 24.0 Å². The van der Waals surface area contributed by atoms with E-state index in [1.165, 1.54) is 0 Å². The van der Waals surface area contributed by atoms with Gasteiger partial charge in [0.25, 0.3) is 0 Å². The van der Waals surface area contributed by atoms with Crippen molar-refractivity contribution in [2.45, 2.75) is 39.7 Å². The smallest absolute Gasteiger partial charge is 0.178 e. The van der Waals surface area contributed by atoms with Crippen LogP contribution in [0.5, 0.6) is 5.75 Å². The fourth-order valence-electron chi connectivity index (χ4n) is 5.14. The van der Waals surface area contributed by atoms with E-state index in [1.807, 2.05) is 79.7 Å². The number of allylic oxidation sites excluding steroid dienone is 1. The summed E-state index contributed by atoms with van der Waals surface area (Å²) in [6.07, 6.45) is 1.27. The van der Waals surface area contributed by atoms with Crippen LogP contribution in [0.3, 0.4) is 0 Å². The zero-order valence-corrected chi connectivity index (χ0v) is 21.7. The number of ether oxygens (including phenoxy) is 1. The number of hydrogen-bond acceptors (Lipinski definition) is 4. The summed E-state index contributed by atoms with van der Waals surface area (Å²) in [6.45, 7) is 6.87. The van der Waals surface area contributed by atoms with Gasteiger partial charge >= 0.3 is 0 Å². The summed E-state index contributed by atoms with van der Waals surface area (Å²) in [5.74, 6) is 0.947. The number of nitrogens with one attached hydrogen (secondary N) is 2. The molecule has 1 heterocycles. The van der Waals surface area contributed by atoms with Crippen molar-refractivity contribution in [3.63, 3.8) is 0 Å². The molecular formula is C30H31N3O2S. The van der Waals surface area contributed by atoms with Crippen molar-refractivity contribution in [1.29, 1.82) is 0 Å². The highest BCUT2D eigenvalue weighted by atomic mass is 32.1. The van der Waals surface area contributed by atoms with Gasteiger partial charge in [-0.3, -0.25) is 4.79 Å². The fourth-order valence-corrected chi connectivity index (χ4v) is 5.47. The van der Waals surface area contributed by atoms with E-state index in [0.717, 1.165) is 46.1 Å². The third kappa shape index (κ3) is 4.73. The number of carbonyl (C=O) groups excluding carboxylic acids is 1. The monoisotopic (exact) mass is 497 g/mol. The SMILES string of the molecule is CCOc1ccc([C@@H]2C3=C(CC(C)(C)CC3=O)Nc3ccccc3N2C(=S)Nc2ccccc2)cc1. The molecule has 0 unspecified atom stereocenters. The summed E-state index contributed by atoms with van der Waals surface area (Å²) < 4.78 is 5.69. The van der Waals surface area contributed by atoms with Gasteiger partial charge < -0.3 is 20.3 Å². The molecule has 0 aromatic heterocycles. The highest BCUT2D eigenvalue weighted by molar-refractivity contribution is 7.80. The Balaban J connectivity index is 1.70. The van der Waals surface area contributed by atoms with Crippen molar-refractivity contribution < 1.29 is 9.53 Å². The number of hydrogen-bond donors (Lipinski definition) is 2. The van der Waals surface area contributed by atoms with E-state index in [0.29, 0.717) is 18.1 Å². The maximum atomic E-state index is 13.8. The number of rotatable bonds is 4. The topological polar surface area (TPSA) is 53.6 Å². The second kappa shape index (κ2) is 9.78. The van der Waals surface area contributed by atoms with Crippen LogP contribution >= 0.6 is 12.2 Å². The van der Waals surface area contributed by atoms with E-state index in [1.54, 1.807) is 0 Å². The van der Waals surface area contributed by atoms with Crippen molar-refractivity contribution in [3.8, 4) is 5.75 Å². The van der Waals surface area contributed by atoms with Crippen LogP contribution in [-0.4, -0.2) is 17.5 Å². The molecule has 0 saturated heterocycles. The number of anilines is 3. The Hall–Kier alpha value is -3.64. The summed E-state index contributed by atoms with van der Waals surface area (Å²) in [5, 5.41) is 7.57. The molecule has 36 heavy (non-hydrogen) atoms. The Bertz CT molecular complexity index is 1320. The Kier molecular flexibility index (Phi) is 6.54. The van der Waals surface area contributed by atoms with Crippen LogP contribution in [0.4, 0.5) is 17.1 Å². The zero-order valence-electron chi connectivity index (χ0n) is 20.9. The highest BCUT2D eigenvalue weighted by Gasteiger charge is 2.42. The van der Waals surface area contributed by atoms with Gasteiger partial charge in [0, 0.05) is 23.4 Å². The number of fused-ring (bicyclic) bond motifs is 1. The maximum absolute atomic E-state index is 13.8. The van der Waals surface area contributed by atoms with Crippen molar-refractivity contribution in [1.82, 2.24) is 0 Å². The predicted octanol–water partition coefficient (Wildman–Crippen LogP) is 7.10. The summed E-state index contributed by atoms with van der Waals surface area (Å²) in [6, 6.07) is 25.6. The third-order valence-electron chi connectivity index (χ3n) is 6.65. The van der Waals surface area contributed by atoms with E-state index >= 15 is 0 Å². The lowest BCUT2D eigenvalue weighted by molar-refractivity contribution is -0.118. The first-order valence-electron chi connectivity index (χ1n) is 12.4. The summed E-state index contributed by atoms with van der Waals surface area (Å²) in [7, 11) is 0. The number of Topliss-reactive ketones (excluding diaryl/α,β-unsaturated/α-hetero) is 1. The minimum atomic E-state index is -0.390. The van der Waals surface area contributed by atoms with Crippen LogP contribution in [0.15, 0.2) is 90.1 Å². The minimum absolute atomic E-state index is 0.126. The lowest BCUT2D eigenvalue weighted by Crippen LogP contribution is -2.41. The number of para-hydroxylation sites is 3. The summed E-state index contributed by atoms with van der Waals surface area (Å²) in [5.41, 5.74) is 5.34. The van der Waals surface area contributed by atoms with E-state index in [4.69, 9.17) is 17.0 Å². The minimum Gasteiger partial charge on any atom is -0.494 e. The molecule has 6 heteroatoms. The first-order chi connectivity index (χ1) is 17.4. The summed E-state index contributed by atoms with van der Waals surface area (Å²) in [4.78, 5) is 15.9. The van der Waals surface area contributed by atoms with Gasteiger partial charge in [0.15, 0.2) is 10.9 Å². The summed E-state index contributed by atoms with van der Waals surface area (Å²) >= 11 is 6.04. The highest BCUT2D eigenvalue weighted by Crippen LogP contribution is 2.48. The molecule has 0 bridgehead atoms. The molecule has 0 amide bonds. The first-order valence-corrected chi connectivity index (χ1v) is 12.8. The van der Waals surface area contributed by atoms with Crippen LogP contribution in [0.2, 0.25) is 0 Å². The van der Waals surface area contributed by atoms with Gasteiger partial charge in [-0.15, -0.1) is 0 Å². The number of nitrogens with zero attached hydrogens (tertiary/aromatic N) is 1. The molecule has 0 saturated carbocycles. The third-order valence-corrected chi connectivity index (χ3v) is 6.95. The Morgan fingerprint density at radius 1 is 1.03 bits per heavy atom. The fraction of sp³-hybridized carbons (Fsp3) is 0.267. The van der Waals surface area contributed by atoms with Crippen molar-refractivity contribution in [2.75, 3.05) is 22.1 Å². The number of ketones is 1. The lowest BCUT2D eigenvalue weighted by Gasteiger charge is -2.38. The number of benzene rings is 3. The van der Waals surface area contributed by atoms with E-state index in [-0.39, 0.29) is 17.2 Å². The zero-order chi connectivity index (χ0) is 25.3. The van der Waals surface area contributed by atoms with Crippen LogP contribution in [0.1, 0.15) is 45.2 Å². The van der Waals surface area contributed by atoms with Crippen LogP contribution in [0.25, 0.3) is 0 Å². The number of carbonyl (C=O) groups is 1. The molecule has 1 aliphatic carbocycles. The average molecular weight is 498 g/mol. The quantitative estimate of drug-likeness (QED) is 0.375. The molecule has 1 atom stereocenters. The largest absolute Gasteiger partial charge is 0.494 e. The van der Waals surface area contributed by atoms with Crippen LogP contribution in [-0.2, 0) is 4.79 Å². The van der Waals surface area contributed by atoms with Gasteiger partial charge in [0.2, 0.25) is 0 Å². The number of thiocarbonyl (C=S) groups is 1. The van der Waals surface area contributed by atoms with Crippen molar-refractivity contribution in [3.05, 3.63) is 95.7 Å². The van der Waals surface area contributed by atoms with Gasteiger partial charge in [0.1, 0.15) is 5.75 Å². The molecule has 3 aromatic carbocycles. The van der Waals surface area contributed by atoms with Crippen molar-refractivity contribution in [2.24, 2.45) is 5.41 Å². The van der Waals surface area contributed by atoms with E-state index < -0.39 is 0 Å². The van der Waals surface area contributed by atoms with Crippen LogP contribution < -0.4 is 20.3 Å². The van der Waals surface area contributed by atoms with Gasteiger partial charge in [-0.25, -0.2) is 0 Å². The Morgan fingerprint density at radius 3 is 2.44 bits per heavy atom. The second-order valence-electron chi connectivity index (χ2n) is 10.0. The maximum Gasteiger partial charge on any atom is 0.178 e. The molecule has 0 spiro atoms. The second-order valence-corrected chi connectivity index (χ2v) is 10.4. The van der Waals surface area contributed by atoms with E-state index in [9.17, 15) is 4.79 Å². The molecule has 3 aromatic rings. The molecule has 1 aliphatic heterocycles.